The van der Waals surface area contributed by atoms with Crippen molar-refractivity contribution in [2.24, 2.45) is 0 Å². The van der Waals surface area contributed by atoms with Gasteiger partial charge < -0.3 is 10.0 Å². The van der Waals surface area contributed by atoms with Crippen LogP contribution in [-0.4, -0.2) is 29.8 Å². The van der Waals surface area contributed by atoms with E-state index in [1.165, 1.54) is 0 Å². The predicted molar refractivity (Wildman–Crippen MR) is 56.9 cm³/mol. The molecule has 72 valence electrons. The van der Waals surface area contributed by atoms with E-state index < -0.39 is 0 Å². The number of anilines is 1. The summed E-state index contributed by atoms with van der Waals surface area (Å²) in [6.07, 6.45) is 3.48. The van der Waals surface area contributed by atoms with Crippen molar-refractivity contribution >= 4 is 21.6 Å². The maximum atomic E-state index is 8.98. The van der Waals surface area contributed by atoms with E-state index in [0.717, 1.165) is 10.2 Å². The molecule has 1 rings (SSSR count). The van der Waals surface area contributed by atoms with Gasteiger partial charge in [0.1, 0.15) is 0 Å². The molecule has 0 amide bonds. The molecule has 1 aromatic heterocycles. The number of halogens is 1. The number of aromatic nitrogens is 1. The Kier molecular flexibility index (Phi) is 3.69. The maximum Gasteiger partial charge on any atom is 0.0632 e. The zero-order valence-electron chi connectivity index (χ0n) is 7.74. The van der Waals surface area contributed by atoms with Crippen molar-refractivity contribution < 1.29 is 5.11 Å². The van der Waals surface area contributed by atoms with Crippen LogP contribution in [0.25, 0.3) is 0 Å². The Morgan fingerprint density at radius 2 is 2.38 bits per heavy atom. The van der Waals surface area contributed by atoms with Gasteiger partial charge in [0.05, 0.1) is 16.8 Å². The molecule has 0 aliphatic carbocycles. The minimum absolute atomic E-state index is 0.110. The van der Waals surface area contributed by atoms with E-state index in [9.17, 15) is 0 Å². The number of likely N-dealkylation sites (N-methyl/N-ethyl adjacent to an activating group) is 1. The van der Waals surface area contributed by atoms with Crippen LogP contribution in [0.15, 0.2) is 22.9 Å². The van der Waals surface area contributed by atoms with Crippen LogP contribution < -0.4 is 4.90 Å². The summed E-state index contributed by atoms with van der Waals surface area (Å²) in [5.74, 6) is 0. The molecule has 13 heavy (non-hydrogen) atoms. The highest BCUT2D eigenvalue weighted by Gasteiger charge is 2.10. The summed E-state index contributed by atoms with van der Waals surface area (Å²) < 4.78 is 0.942. The highest BCUT2D eigenvalue weighted by atomic mass is 79.9. The van der Waals surface area contributed by atoms with Gasteiger partial charge in [-0.3, -0.25) is 4.98 Å². The Labute approximate surface area is 86.5 Å². The molecule has 0 saturated carbocycles. The number of aliphatic hydroxyl groups excluding tert-OH is 1. The third-order valence-electron chi connectivity index (χ3n) is 2.06. The number of rotatable bonds is 3. The number of pyridine rings is 1. The molecule has 0 fully saturated rings. The van der Waals surface area contributed by atoms with E-state index >= 15 is 0 Å². The fraction of sp³-hybridized carbons (Fsp3) is 0.444. The zero-order chi connectivity index (χ0) is 9.84. The lowest BCUT2D eigenvalue weighted by Crippen LogP contribution is -2.31. The highest BCUT2D eigenvalue weighted by molar-refractivity contribution is 9.10. The van der Waals surface area contributed by atoms with Crippen LogP contribution in [0.2, 0.25) is 0 Å². The summed E-state index contributed by atoms with van der Waals surface area (Å²) in [6.45, 7) is 2.11. The Morgan fingerprint density at radius 1 is 1.69 bits per heavy atom. The summed E-state index contributed by atoms with van der Waals surface area (Å²) in [5, 5.41) is 8.98. The minimum atomic E-state index is 0.110. The highest BCUT2D eigenvalue weighted by Crippen LogP contribution is 2.24. The molecule has 0 radical (unpaired) electrons. The van der Waals surface area contributed by atoms with Crippen LogP contribution in [0, 0.1) is 0 Å². The summed E-state index contributed by atoms with van der Waals surface area (Å²) in [4.78, 5) is 5.98. The van der Waals surface area contributed by atoms with Gasteiger partial charge in [0, 0.05) is 25.5 Å². The minimum Gasteiger partial charge on any atom is -0.394 e. The fourth-order valence-corrected chi connectivity index (χ4v) is 1.54. The summed E-state index contributed by atoms with van der Waals surface area (Å²) in [5.41, 5.74) is 1.04. The number of hydrogen-bond acceptors (Lipinski definition) is 3. The van der Waals surface area contributed by atoms with Gasteiger partial charge in [-0.05, 0) is 28.9 Å². The second-order valence-corrected chi connectivity index (χ2v) is 3.82. The molecule has 3 nitrogen and oxygen atoms in total. The molecule has 1 aromatic rings. The molecule has 1 heterocycles. The Morgan fingerprint density at radius 3 is 2.92 bits per heavy atom. The molecule has 1 N–H and O–H groups in total. The fourth-order valence-electron chi connectivity index (χ4n) is 1.01. The third-order valence-corrected chi connectivity index (χ3v) is 2.67. The first-order valence-electron chi connectivity index (χ1n) is 4.10. The van der Waals surface area contributed by atoms with Gasteiger partial charge in [-0.25, -0.2) is 0 Å². The molecule has 1 atom stereocenters. The summed E-state index contributed by atoms with van der Waals surface area (Å²) in [7, 11) is 1.95. The van der Waals surface area contributed by atoms with Gasteiger partial charge in [-0.15, -0.1) is 0 Å². The third kappa shape index (κ3) is 2.42. The van der Waals surface area contributed by atoms with Crippen LogP contribution in [0.4, 0.5) is 5.69 Å². The van der Waals surface area contributed by atoms with Crippen molar-refractivity contribution in [1.82, 2.24) is 4.98 Å². The SMILES string of the molecule is C[C@@H](CO)N(C)c1ccncc1Br. The second kappa shape index (κ2) is 4.58. The average molecular weight is 245 g/mol. The van der Waals surface area contributed by atoms with E-state index in [2.05, 4.69) is 20.9 Å². The number of aliphatic hydroxyl groups is 1. The van der Waals surface area contributed by atoms with E-state index in [4.69, 9.17) is 5.11 Å². The second-order valence-electron chi connectivity index (χ2n) is 2.97. The number of hydrogen-bond donors (Lipinski definition) is 1. The lowest BCUT2D eigenvalue weighted by atomic mass is 10.3. The maximum absolute atomic E-state index is 8.98. The molecule has 0 saturated heterocycles. The van der Waals surface area contributed by atoms with Crippen LogP contribution in [0.1, 0.15) is 6.92 Å². The first-order chi connectivity index (χ1) is 6.16. The largest absolute Gasteiger partial charge is 0.394 e. The van der Waals surface area contributed by atoms with Crippen molar-refractivity contribution in [2.45, 2.75) is 13.0 Å². The van der Waals surface area contributed by atoms with Crippen molar-refractivity contribution in [3.05, 3.63) is 22.9 Å². The molecular weight excluding hydrogens is 232 g/mol. The molecule has 0 aliphatic rings. The molecule has 0 aliphatic heterocycles. The van der Waals surface area contributed by atoms with Crippen molar-refractivity contribution in [3.63, 3.8) is 0 Å². The molecule has 0 spiro atoms. The summed E-state index contributed by atoms with van der Waals surface area (Å²) >= 11 is 3.41. The zero-order valence-corrected chi connectivity index (χ0v) is 9.32. The van der Waals surface area contributed by atoms with Crippen LogP contribution in [-0.2, 0) is 0 Å². The van der Waals surface area contributed by atoms with E-state index in [1.807, 2.05) is 24.9 Å². The monoisotopic (exact) mass is 244 g/mol. The van der Waals surface area contributed by atoms with E-state index in [-0.39, 0.29) is 12.6 Å². The average Bonchev–Trinajstić information content (AvgIpc) is 2.16. The van der Waals surface area contributed by atoms with Crippen molar-refractivity contribution in [1.29, 1.82) is 0 Å². The Hall–Kier alpha value is -0.610. The van der Waals surface area contributed by atoms with Gasteiger partial charge in [0.25, 0.3) is 0 Å². The van der Waals surface area contributed by atoms with Gasteiger partial charge >= 0.3 is 0 Å². The Bertz CT molecular complexity index is 280. The lowest BCUT2D eigenvalue weighted by molar-refractivity contribution is 0.270. The molecule has 4 heteroatoms. The standard InChI is InChI=1S/C9H13BrN2O/c1-7(6-13)12(2)9-3-4-11-5-8(9)10/h3-5,7,13H,6H2,1-2H3/t7-/m0/s1. The van der Waals surface area contributed by atoms with Crippen LogP contribution >= 0.6 is 15.9 Å². The normalized spacial score (nSPS) is 12.6. The predicted octanol–water partition coefficient (Wildman–Crippen LogP) is 1.66. The van der Waals surface area contributed by atoms with Crippen LogP contribution in [0.3, 0.4) is 0 Å². The molecule has 0 bridgehead atoms. The smallest absolute Gasteiger partial charge is 0.0632 e. The molecule has 0 aromatic carbocycles. The Balaban J connectivity index is 2.88. The first-order valence-corrected chi connectivity index (χ1v) is 4.89. The van der Waals surface area contributed by atoms with Crippen molar-refractivity contribution in [3.8, 4) is 0 Å². The van der Waals surface area contributed by atoms with Gasteiger partial charge in [-0.1, -0.05) is 0 Å². The van der Waals surface area contributed by atoms with Crippen molar-refractivity contribution in [2.75, 3.05) is 18.6 Å². The lowest BCUT2D eigenvalue weighted by Gasteiger charge is -2.26. The van der Waals surface area contributed by atoms with Gasteiger partial charge in [-0.2, -0.15) is 0 Å². The topological polar surface area (TPSA) is 36.4 Å². The molecular formula is C9H13BrN2O. The van der Waals surface area contributed by atoms with E-state index in [1.54, 1.807) is 12.4 Å². The summed E-state index contributed by atoms with van der Waals surface area (Å²) in [6, 6.07) is 2.02. The first kappa shape index (κ1) is 10.5. The van der Waals surface area contributed by atoms with E-state index in [0.29, 0.717) is 0 Å². The quantitative estimate of drug-likeness (QED) is 0.879. The molecule has 0 unspecified atom stereocenters. The van der Waals surface area contributed by atoms with Gasteiger partial charge in [0.15, 0.2) is 0 Å². The number of nitrogens with zero attached hydrogens (tertiary/aromatic N) is 2. The van der Waals surface area contributed by atoms with Gasteiger partial charge in [0.2, 0.25) is 0 Å². The van der Waals surface area contributed by atoms with Crippen LogP contribution in [0.5, 0.6) is 0 Å².